The molecular formula is C16H22N2O3. The van der Waals surface area contributed by atoms with E-state index in [9.17, 15) is 14.7 Å². The minimum absolute atomic E-state index is 0.0918. The lowest BCUT2D eigenvalue weighted by atomic mass is 9.89. The quantitative estimate of drug-likeness (QED) is 0.878. The molecule has 3 N–H and O–H groups in total. The molecule has 0 saturated heterocycles. The third-order valence-electron chi connectivity index (χ3n) is 4.18. The highest BCUT2D eigenvalue weighted by Crippen LogP contribution is 2.31. The summed E-state index contributed by atoms with van der Waals surface area (Å²) in [6.07, 6.45) is 0.682. The first-order valence-corrected chi connectivity index (χ1v) is 7.28. The average molecular weight is 290 g/mol. The summed E-state index contributed by atoms with van der Waals surface area (Å²) in [5.41, 5.74) is 7.42. The van der Waals surface area contributed by atoms with Crippen LogP contribution in [0.4, 0.5) is 0 Å². The molecule has 1 aliphatic heterocycles. The predicted octanol–water partition coefficient (Wildman–Crippen LogP) is 1.43. The van der Waals surface area contributed by atoms with E-state index in [0.29, 0.717) is 18.5 Å². The van der Waals surface area contributed by atoms with Crippen molar-refractivity contribution >= 4 is 11.9 Å². The molecule has 0 fully saturated rings. The molecule has 2 unspecified atom stereocenters. The predicted molar refractivity (Wildman–Crippen MR) is 79.6 cm³/mol. The Labute approximate surface area is 124 Å². The Bertz CT molecular complexity index is 542. The van der Waals surface area contributed by atoms with E-state index in [1.54, 1.807) is 6.07 Å². The number of carboxylic acid groups (broad SMARTS) is 1. The maximum atomic E-state index is 12.7. The Kier molecular flexibility index (Phi) is 4.63. The van der Waals surface area contributed by atoms with E-state index in [1.807, 2.05) is 32.0 Å². The number of benzene rings is 1. The fraction of sp³-hybridized carbons (Fsp3) is 0.500. The van der Waals surface area contributed by atoms with Gasteiger partial charge >= 0.3 is 5.97 Å². The number of carbonyl (C=O) groups excluding carboxylic acids is 1. The zero-order valence-electron chi connectivity index (χ0n) is 12.5. The highest BCUT2D eigenvalue weighted by atomic mass is 16.4. The van der Waals surface area contributed by atoms with Crippen LogP contribution in [0.25, 0.3) is 0 Å². The van der Waals surface area contributed by atoms with Crippen LogP contribution >= 0.6 is 0 Å². The van der Waals surface area contributed by atoms with Crippen molar-refractivity contribution in [3.8, 4) is 0 Å². The second-order valence-corrected chi connectivity index (χ2v) is 5.81. The largest absolute Gasteiger partial charge is 0.479 e. The molecule has 2 rings (SSSR count). The number of nitrogens with zero attached hydrogens (tertiary/aromatic N) is 1. The van der Waals surface area contributed by atoms with Crippen molar-refractivity contribution in [3.63, 3.8) is 0 Å². The van der Waals surface area contributed by atoms with Crippen LogP contribution in [-0.2, 0) is 16.0 Å². The van der Waals surface area contributed by atoms with E-state index in [-0.39, 0.29) is 24.3 Å². The third-order valence-corrected chi connectivity index (χ3v) is 4.18. The molecule has 5 nitrogen and oxygen atoms in total. The van der Waals surface area contributed by atoms with Gasteiger partial charge < -0.3 is 15.7 Å². The SMILES string of the molecule is CC(C)C(CN)C(=O)N1CCc2ccccc2C1C(=O)O. The molecule has 1 aromatic rings. The second kappa shape index (κ2) is 6.26. The van der Waals surface area contributed by atoms with E-state index in [0.717, 1.165) is 5.56 Å². The first-order valence-electron chi connectivity index (χ1n) is 7.28. The molecule has 0 radical (unpaired) electrons. The molecule has 114 valence electrons. The van der Waals surface area contributed by atoms with E-state index in [2.05, 4.69) is 0 Å². The van der Waals surface area contributed by atoms with Gasteiger partial charge in [-0.05, 0) is 23.5 Å². The van der Waals surface area contributed by atoms with Gasteiger partial charge in [-0.1, -0.05) is 38.1 Å². The highest BCUT2D eigenvalue weighted by molar-refractivity contribution is 5.87. The number of rotatable bonds is 4. The number of carbonyl (C=O) groups is 2. The molecule has 21 heavy (non-hydrogen) atoms. The number of hydrogen-bond acceptors (Lipinski definition) is 3. The van der Waals surface area contributed by atoms with Crippen LogP contribution in [0.3, 0.4) is 0 Å². The van der Waals surface area contributed by atoms with Gasteiger partial charge in [0.25, 0.3) is 0 Å². The molecule has 1 aromatic carbocycles. The molecule has 1 aliphatic rings. The second-order valence-electron chi connectivity index (χ2n) is 5.81. The van der Waals surface area contributed by atoms with Crippen LogP contribution < -0.4 is 5.73 Å². The lowest BCUT2D eigenvalue weighted by molar-refractivity contribution is -0.153. The minimum atomic E-state index is -0.991. The molecule has 0 saturated carbocycles. The molecule has 5 heteroatoms. The van der Waals surface area contributed by atoms with Gasteiger partial charge in [-0.3, -0.25) is 4.79 Å². The summed E-state index contributed by atoms with van der Waals surface area (Å²) in [5.74, 6) is -1.39. The van der Waals surface area contributed by atoms with Crippen molar-refractivity contribution in [2.24, 2.45) is 17.6 Å². The van der Waals surface area contributed by atoms with Gasteiger partial charge in [0.15, 0.2) is 6.04 Å². The molecule has 1 heterocycles. The topological polar surface area (TPSA) is 83.6 Å². The Hall–Kier alpha value is -1.88. The van der Waals surface area contributed by atoms with Crippen molar-refractivity contribution in [1.82, 2.24) is 4.90 Å². The first-order chi connectivity index (χ1) is 9.97. The van der Waals surface area contributed by atoms with Crippen LogP contribution in [-0.4, -0.2) is 35.0 Å². The first kappa shape index (κ1) is 15.5. The van der Waals surface area contributed by atoms with Crippen LogP contribution in [0.5, 0.6) is 0 Å². The third kappa shape index (κ3) is 2.93. The van der Waals surface area contributed by atoms with Crippen LogP contribution in [0.15, 0.2) is 24.3 Å². The molecule has 0 bridgehead atoms. The van der Waals surface area contributed by atoms with E-state index in [1.165, 1.54) is 4.90 Å². The van der Waals surface area contributed by atoms with Crippen molar-refractivity contribution < 1.29 is 14.7 Å². The Balaban J connectivity index is 2.37. The maximum absolute atomic E-state index is 12.7. The number of nitrogens with two attached hydrogens (primary N) is 1. The summed E-state index contributed by atoms with van der Waals surface area (Å²) in [6.45, 7) is 4.53. The monoisotopic (exact) mass is 290 g/mol. The zero-order valence-corrected chi connectivity index (χ0v) is 12.5. The lowest BCUT2D eigenvalue weighted by Crippen LogP contribution is -2.48. The standard InChI is InChI=1S/C16H22N2O3/c1-10(2)13(9-17)15(19)18-8-7-11-5-3-4-6-12(11)14(18)16(20)21/h3-6,10,13-14H,7-9,17H2,1-2H3,(H,20,21). The zero-order chi connectivity index (χ0) is 15.6. The highest BCUT2D eigenvalue weighted by Gasteiger charge is 2.38. The van der Waals surface area contributed by atoms with Crippen LogP contribution in [0.1, 0.15) is 31.0 Å². The number of amides is 1. The number of carboxylic acids is 1. The van der Waals surface area contributed by atoms with E-state index in [4.69, 9.17) is 5.73 Å². The van der Waals surface area contributed by atoms with Crippen molar-refractivity contribution in [2.75, 3.05) is 13.1 Å². The van der Waals surface area contributed by atoms with Crippen LogP contribution in [0.2, 0.25) is 0 Å². The number of fused-ring (bicyclic) bond motifs is 1. The molecule has 2 atom stereocenters. The van der Waals surface area contributed by atoms with Crippen LogP contribution in [0, 0.1) is 11.8 Å². The van der Waals surface area contributed by atoms with Gasteiger partial charge in [0.2, 0.25) is 5.91 Å². The fourth-order valence-corrected chi connectivity index (χ4v) is 2.94. The van der Waals surface area contributed by atoms with Gasteiger partial charge in [0.05, 0.1) is 5.92 Å². The summed E-state index contributed by atoms with van der Waals surface area (Å²) < 4.78 is 0. The normalized spacial score (nSPS) is 19.2. The van der Waals surface area contributed by atoms with Gasteiger partial charge in [-0.2, -0.15) is 0 Å². The van der Waals surface area contributed by atoms with Gasteiger partial charge in [-0.15, -0.1) is 0 Å². The summed E-state index contributed by atoms with van der Waals surface area (Å²) in [7, 11) is 0. The fourth-order valence-electron chi connectivity index (χ4n) is 2.94. The summed E-state index contributed by atoms with van der Waals surface area (Å²) in [6, 6.07) is 6.52. The lowest BCUT2D eigenvalue weighted by Gasteiger charge is -2.37. The summed E-state index contributed by atoms with van der Waals surface area (Å²) in [5, 5.41) is 9.57. The van der Waals surface area contributed by atoms with Crippen molar-refractivity contribution in [2.45, 2.75) is 26.3 Å². The molecular weight excluding hydrogens is 268 g/mol. The van der Waals surface area contributed by atoms with Crippen molar-refractivity contribution in [3.05, 3.63) is 35.4 Å². The molecule has 1 amide bonds. The minimum Gasteiger partial charge on any atom is -0.479 e. The van der Waals surface area contributed by atoms with Gasteiger partial charge in [0, 0.05) is 13.1 Å². The molecule has 0 aromatic heterocycles. The molecule has 0 aliphatic carbocycles. The summed E-state index contributed by atoms with van der Waals surface area (Å²) >= 11 is 0. The maximum Gasteiger partial charge on any atom is 0.331 e. The Morgan fingerprint density at radius 1 is 1.38 bits per heavy atom. The van der Waals surface area contributed by atoms with Gasteiger partial charge in [-0.25, -0.2) is 4.79 Å². The van der Waals surface area contributed by atoms with Gasteiger partial charge in [0.1, 0.15) is 0 Å². The Morgan fingerprint density at radius 2 is 2.05 bits per heavy atom. The average Bonchev–Trinajstić information content (AvgIpc) is 2.45. The Morgan fingerprint density at radius 3 is 2.62 bits per heavy atom. The van der Waals surface area contributed by atoms with Crippen molar-refractivity contribution in [1.29, 1.82) is 0 Å². The number of aliphatic carboxylic acids is 1. The smallest absolute Gasteiger partial charge is 0.331 e. The summed E-state index contributed by atoms with van der Waals surface area (Å²) in [4.78, 5) is 25.8. The number of hydrogen-bond donors (Lipinski definition) is 2. The van der Waals surface area contributed by atoms with E-state index >= 15 is 0 Å². The molecule has 0 spiro atoms. The van der Waals surface area contributed by atoms with E-state index < -0.39 is 12.0 Å².